The molecule has 0 aromatic heterocycles. The van der Waals surface area contributed by atoms with Crippen molar-refractivity contribution in [1.29, 1.82) is 0 Å². The van der Waals surface area contributed by atoms with Crippen molar-refractivity contribution >= 4 is 24.5 Å². The third-order valence-corrected chi connectivity index (χ3v) is 3.38. The smallest absolute Gasteiger partial charge is 0.326 e. The summed E-state index contributed by atoms with van der Waals surface area (Å²) >= 11 is 4.21. The normalized spacial score (nSPS) is 25.0. The van der Waals surface area contributed by atoms with E-state index in [-0.39, 0.29) is 17.1 Å². The zero-order chi connectivity index (χ0) is 11.6. The Balaban J connectivity index is 2.70. The molecule has 0 aliphatic carbocycles. The number of nitrogens with zero attached hydrogens (tertiary/aromatic N) is 1. The molecule has 1 N–H and O–H groups in total. The van der Waals surface area contributed by atoms with E-state index in [9.17, 15) is 9.59 Å². The Morgan fingerprint density at radius 1 is 1.47 bits per heavy atom. The summed E-state index contributed by atoms with van der Waals surface area (Å²) in [7, 11) is 0. The summed E-state index contributed by atoms with van der Waals surface area (Å²) in [4.78, 5) is 24.3. The Morgan fingerprint density at radius 3 is 2.53 bits per heavy atom. The van der Waals surface area contributed by atoms with Crippen LogP contribution in [0.3, 0.4) is 0 Å². The second-order valence-corrected chi connectivity index (χ2v) is 4.87. The fourth-order valence-electron chi connectivity index (χ4n) is 1.76. The molecule has 1 heterocycles. The van der Waals surface area contributed by atoms with E-state index in [4.69, 9.17) is 5.11 Å². The predicted octanol–water partition coefficient (Wildman–Crippen LogP) is 1.02. The average molecular weight is 231 g/mol. The molecule has 1 amide bonds. The number of hydrogen-bond acceptors (Lipinski definition) is 3. The molecule has 5 heteroatoms. The van der Waals surface area contributed by atoms with Gasteiger partial charge in [-0.1, -0.05) is 13.8 Å². The van der Waals surface area contributed by atoms with Crippen molar-refractivity contribution in [3.05, 3.63) is 0 Å². The number of carboxylic acid groups (broad SMARTS) is 1. The van der Waals surface area contributed by atoms with Gasteiger partial charge in [0.1, 0.15) is 6.04 Å². The van der Waals surface area contributed by atoms with Gasteiger partial charge in [0.2, 0.25) is 5.91 Å². The zero-order valence-electron chi connectivity index (χ0n) is 9.01. The van der Waals surface area contributed by atoms with Crippen LogP contribution in [0.5, 0.6) is 0 Å². The number of carbonyl (C=O) groups excluding carboxylic acids is 1. The molecule has 0 aromatic rings. The number of carbonyl (C=O) groups is 2. The first kappa shape index (κ1) is 12.4. The van der Waals surface area contributed by atoms with E-state index in [1.807, 2.05) is 6.92 Å². The number of hydrogen-bond donors (Lipinski definition) is 2. The van der Waals surface area contributed by atoms with Gasteiger partial charge < -0.3 is 10.0 Å². The van der Waals surface area contributed by atoms with E-state index in [0.717, 1.165) is 6.42 Å². The lowest BCUT2D eigenvalue weighted by atomic mass is 10.1. The first-order valence-corrected chi connectivity index (χ1v) is 5.68. The van der Waals surface area contributed by atoms with Crippen LogP contribution in [0.2, 0.25) is 0 Å². The van der Waals surface area contributed by atoms with Crippen LogP contribution in [0.25, 0.3) is 0 Å². The summed E-state index contributed by atoms with van der Waals surface area (Å²) in [6, 6.07) is -0.632. The second-order valence-electron chi connectivity index (χ2n) is 4.06. The number of carboxylic acids is 1. The number of rotatable bonds is 3. The van der Waals surface area contributed by atoms with Crippen LogP contribution in [0.4, 0.5) is 0 Å². The van der Waals surface area contributed by atoms with Gasteiger partial charge in [0.25, 0.3) is 0 Å². The lowest BCUT2D eigenvalue weighted by molar-refractivity contribution is -0.149. The molecule has 1 unspecified atom stereocenters. The van der Waals surface area contributed by atoms with Crippen molar-refractivity contribution in [1.82, 2.24) is 4.90 Å². The van der Waals surface area contributed by atoms with E-state index in [0.29, 0.717) is 13.0 Å². The molecule has 1 saturated heterocycles. The molecule has 1 aliphatic heterocycles. The van der Waals surface area contributed by atoms with Gasteiger partial charge in [0.15, 0.2) is 0 Å². The van der Waals surface area contributed by atoms with Gasteiger partial charge in [-0.05, 0) is 12.8 Å². The summed E-state index contributed by atoms with van der Waals surface area (Å²) in [5, 5.41) is 8.89. The maximum Gasteiger partial charge on any atom is 0.326 e. The Kier molecular flexibility index (Phi) is 4.02. The lowest BCUT2D eigenvalue weighted by Gasteiger charge is -2.26. The zero-order valence-corrected chi connectivity index (χ0v) is 9.91. The Bertz CT molecular complexity index is 267. The number of amides is 1. The van der Waals surface area contributed by atoms with Crippen molar-refractivity contribution < 1.29 is 14.7 Å². The molecule has 0 spiro atoms. The number of likely N-dealkylation sites (tertiary alicyclic amines) is 1. The fourth-order valence-corrected chi connectivity index (χ4v) is 1.88. The molecule has 0 radical (unpaired) electrons. The molecule has 4 nitrogen and oxygen atoms in total. The van der Waals surface area contributed by atoms with Crippen LogP contribution in [-0.2, 0) is 9.59 Å². The molecule has 0 aromatic carbocycles. The highest BCUT2D eigenvalue weighted by Crippen LogP contribution is 2.22. The lowest BCUT2D eigenvalue weighted by Crippen LogP contribution is -2.44. The average Bonchev–Trinajstić information content (AvgIpc) is 2.63. The molecule has 3 atom stereocenters. The van der Waals surface area contributed by atoms with E-state index in [1.165, 1.54) is 4.90 Å². The van der Waals surface area contributed by atoms with E-state index >= 15 is 0 Å². The molecule has 86 valence electrons. The maximum absolute atomic E-state index is 11.9. The maximum atomic E-state index is 11.9. The second kappa shape index (κ2) is 4.88. The Morgan fingerprint density at radius 2 is 2.07 bits per heavy atom. The summed E-state index contributed by atoms with van der Waals surface area (Å²) in [6.45, 7) is 4.19. The van der Waals surface area contributed by atoms with Crippen molar-refractivity contribution in [2.24, 2.45) is 5.92 Å². The van der Waals surface area contributed by atoms with Crippen molar-refractivity contribution in [3.63, 3.8) is 0 Å². The predicted molar refractivity (Wildman–Crippen MR) is 60.0 cm³/mol. The Labute approximate surface area is 95.1 Å². The fraction of sp³-hybridized carbons (Fsp3) is 0.800. The summed E-state index contributed by atoms with van der Waals surface area (Å²) in [6.07, 6.45) is 1.34. The van der Waals surface area contributed by atoms with Crippen LogP contribution in [-0.4, -0.2) is 39.7 Å². The molecule has 0 bridgehead atoms. The van der Waals surface area contributed by atoms with Crippen molar-refractivity contribution in [3.8, 4) is 0 Å². The van der Waals surface area contributed by atoms with Crippen LogP contribution < -0.4 is 0 Å². The van der Waals surface area contributed by atoms with Crippen LogP contribution >= 0.6 is 12.6 Å². The summed E-state index contributed by atoms with van der Waals surface area (Å²) in [5.41, 5.74) is 0. The third-order valence-electron chi connectivity index (χ3n) is 2.93. The first-order chi connectivity index (χ1) is 6.95. The van der Waals surface area contributed by atoms with Gasteiger partial charge >= 0.3 is 5.97 Å². The third kappa shape index (κ3) is 2.65. The first-order valence-electron chi connectivity index (χ1n) is 5.16. The number of aliphatic carboxylic acids is 1. The van der Waals surface area contributed by atoms with E-state index < -0.39 is 12.0 Å². The van der Waals surface area contributed by atoms with Gasteiger partial charge in [0.05, 0.1) is 0 Å². The van der Waals surface area contributed by atoms with Gasteiger partial charge in [0, 0.05) is 17.7 Å². The summed E-state index contributed by atoms with van der Waals surface area (Å²) < 4.78 is 0. The highest BCUT2D eigenvalue weighted by Gasteiger charge is 2.36. The van der Waals surface area contributed by atoms with Crippen molar-refractivity contribution in [2.75, 3.05) is 6.54 Å². The minimum absolute atomic E-state index is 0.0486. The highest BCUT2D eigenvalue weighted by atomic mass is 32.1. The van der Waals surface area contributed by atoms with Crippen LogP contribution in [0.15, 0.2) is 0 Å². The monoisotopic (exact) mass is 231 g/mol. The van der Waals surface area contributed by atoms with Gasteiger partial charge in [-0.15, -0.1) is 0 Å². The molecular weight excluding hydrogens is 214 g/mol. The van der Waals surface area contributed by atoms with E-state index in [1.54, 1.807) is 6.92 Å². The molecule has 1 rings (SSSR count). The SMILES string of the molecule is CC(C(=O)N1CCC[C@H]1C(=O)O)[C@H](C)S. The van der Waals surface area contributed by atoms with E-state index in [2.05, 4.69) is 12.6 Å². The van der Waals surface area contributed by atoms with Gasteiger partial charge in [-0.3, -0.25) is 4.79 Å². The molecule has 0 saturated carbocycles. The topological polar surface area (TPSA) is 57.6 Å². The van der Waals surface area contributed by atoms with Crippen molar-refractivity contribution in [2.45, 2.75) is 38.0 Å². The number of thiol groups is 1. The standard InChI is InChI=1S/C10H17NO3S/c1-6(7(2)15)9(12)11-5-3-4-8(11)10(13)14/h6-8,15H,3-5H2,1-2H3,(H,13,14)/t6?,7-,8-/m0/s1. The van der Waals surface area contributed by atoms with Gasteiger partial charge in [-0.25, -0.2) is 4.79 Å². The minimum atomic E-state index is -0.903. The molecule has 1 fully saturated rings. The highest BCUT2D eigenvalue weighted by molar-refractivity contribution is 7.81. The largest absolute Gasteiger partial charge is 0.480 e. The Hall–Kier alpha value is -0.710. The van der Waals surface area contributed by atoms with Gasteiger partial charge in [-0.2, -0.15) is 12.6 Å². The summed E-state index contributed by atoms with van der Waals surface area (Å²) in [5.74, 6) is -1.23. The van der Waals surface area contributed by atoms with Crippen LogP contribution in [0.1, 0.15) is 26.7 Å². The molecule has 15 heavy (non-hydrogen) atoms. The molecular formula is C10H17NO3S. The molecule has 1 aliphatic rings. The minimum Gasteiger partial charge on any atom is -0.480 e. The quantitative estimate of drug-likeness (QED) is 0.713. The van der Waals surface area contributed by atoms with Crippen LogP contribution in [0, 0.1) is 5.92 Å².